The Morgan fingerprint density at radius 1 is 1.11 bits per heavy atom. The number of hydrogen-bond acceptors (Lipinski definition) is 2. The van der Waals surface area contributed by atoms with E-state index in [0.717, 1.165) is 17.5 Å². The minimum absolute atomic E-state index is 0.0311. The lowest BCUT2D eigenvalue weighted by molar-refractivity contribution is 0.548. The Balaban J connectivity index is 2.20. The van der Waals surface area contributed by atoms with E-state index < -0.39 is 0 Å². The molecule has 0 radical (unpaired) electrons. The van der Waals surface area contributed by atoms with Crippen LogP contribution in [-0.2, 0) is 6.42 Å². The first kappa shape index (κ1) is 13.5. The van der Waals surface area contributed by atoms with Crippen molar-refractivity contribution < 1.29 is 4.39 Å². The molecule has 0 aliphatic carbocycles. The zero-order valence-corrected chi connectivity index (χ0v) is 11.9. The van der Waals surface area contributed by atoms with Crippen molar-refractivity contribution >= 4 is 22.6 Å². The molecule has 0 spiro atoms. The molecule has 94 valence electrons. The highest BCUT2D eigenvalue weighted by Gasteiger charge is 2.13. The summed E-state index contributed by atoms with van der Waals surface area (Å²) in [7, 11) is 0. The Bertz CT molecular complexity index is 513. The molecule has 2 aromatic carbocycles. The van der Waals surface area contributed by atoms with Crippen molar-refractivity contribution in [3.63, 3.8) is 0 Å². The number of hydrazine groups is 1. The molecule has 0 fully saturated rings. The number of nitrogens with two attached hydrogens (primary N) is 1. The van der Waals surface area contributed by atoms with Crippen LogP contribution in [-0.4, -0.2) is 0 Å². The number of hydrogen-bond donors (Lipinski definition) is 2. The summed E-state index contributed by atoms with van der Waals surface area (Å²) in [6, 6.07) is 14.6. The molecule has 0 saturated heterocycles. The van der Waals surface area contributed by atoms with Crippen molar-refractivity contribution in [2.45, 2.75) is 12.5 Å². The molecular weight excluding hydrogens is 342 g/mol. The average Bonchev–Trinajstić information content (AvgIpc) is 2.39. The molecule has 2 aromatic rings. The van der Waals surface area contributed by atoms with E-state index in [1.54, 1.807) is 12.1 Å². The van der Waals surface area contributed by atoms with Gasteiger partial charge in [0, 0.05) is 3.57 Å². The van der Waals surface area contributed by atoms with Crippen LogP contribution < -0.4 is 11.3 Å². The summed E-state index contributed by atoms with van der Waals surface area (Å²) in [4.78, 5) is 0. The van der Waals surface area contributed by atoms with Crippen molar-refractivity contribution in [1.29, 1.82) is 0 Å². The van der Waals surface area contributed by atoms with Crippen LogP contribution >= 0.6 is 22.6 Å². The van der Waals surface area contributed by atoms with E-state index in [1.165, 1.54) is 15.7 Å². The summed E-state index contributed by atoms with van der Waals surface area (Å²) < 4.78 is 14.0. The van der Waals surface area contributed by atoms with Crippen LogP contribution in [0.25, 0.3) is 0 Å². The summed E-state index contributed by atoms with van der Waals surface area (Å²) in [5.41, 5.74) is 5.04. The minimum atomic E-state index is -0.217. The van der Waals surface area contributed by atoms with Crippen molar-refractivity contribution in [3.8, 4) is 0 Å². The van der Waals surface area contributed by atoms with Crippen LogP contribution in [0, 0.1) is 9.39 Å². The van der Waals surface area contributed by atoms with Gasteiger partial charge in [0.1, 0.15) is 5.82 Å². The molecule has 0 bridgehead atoms. The number of nitrogens with one attached hydrogen (secondary N) is 1. The fraction of sp³-hybridized carbons (Fsp3) is 0.143. The highest BCUT2D eigenvalue weighted by molar-refractivity contribution is 14.1. The Hall–Kier alpha value is -0.980. The summed E-state index contributed by atoms with van der Waals surface area (Å²) in [5.74, 6) is 5.41. The molecule has 0 heterocycles. The topological polar surface area (TPSA) is 38.0 Å². The van der Waals surface area contributed by atoms with Gasteiger partial charge in [0.25, 0.3) is 0 Å². The van der Waals surface area contributed by atoms with Gasteiger partial charge in [0.05, 0.1) is 6.04 Å². The van der Waals surface area contributed by atoms with Gasteiger partial charge in [-0.3, -0.25) is 11.3 Å². The van der Waals surface area contributed by atoms with Crippen LogP contribution in [0.5, 0.6) is 0 Å². The van der Waals surface area contributed by atoms with Gasteiger partial charge >= 0.3 is 0 Å². The monoisotopic (exact) mass is 356 g/mol. The molecule has 2 nitrogen and oxygen atoms in total. The van der Waals surface area contributed by atoms with Crippen LogP contribution in [0.15, 0.2) is 48.5 Å². The molecule has 0 aliphatic rings. The van der Waals surface area contributed by atoms with Crippen molar-refractivity contribution in [2.75, 3.05) is 0 Å². The molecular formula is C14H14FIN2. The van der Waals surface area contributed by atoms with E-state index in [2.05, 4.69) is 34.1 Å². The maximum atomic E-state index is 12.9. The zero-order valence-electron chi connectivity index (χ0n) is 9.74. The fourth-order valence-electron chi connectivity index (χ4n) is 1.87. The van der Waals surface area contributed by atoms with Crippen LogP contribution in [0.4, 0.5) is 4.39 Å². The predicted molar refractivity (Wildman–Crippen MR) is 79.3 cm³/mol. The lowest BCUT2D eigenvalue weighted by atomic mass is 9.99. The number of rotatable bonds is 4. The second kappa shape index (κ2) is 6.26. The molecule has 2 rings (SSSR count). The third-order valence-corrected chi connectivity index (χ3v) is 3.82. The van der Waals surface area contributed by atoms with Gasteiger partial charge < -0.3 is 0 Å². The Kier molecular flexibility index (Phi) is 4.68. The zero-order chi connectivity index (χ0) is 13.0. The van der Waals surface area contributed by atoms with E-state index in [0.29, 0.717) is 0 Å². The van der Waals surface area contributed by atoms with E-state index in [-0.39, 0.29) is 11.9 Å². The van der Waals surface area contributed by atoms with Crippen LogP contribution in [0.2, 0.25) is 0 Å². The highest BCUT2D eigenvalue weighted by Crippen LogP contribution is 2.22. The molecule has 4 heteroatoms. The number of benzene rings is 2. The third kappa shape index (κ3) is 3.28. The third-order valence-electron chi connectivity index (χ3n) is 2.83. The molecule has 1 unspecified atom stereocenters. The molecule has 1 atom stereocenters. The first-order chi connectivity index (χ1) is 8.70. The molecule has 0 saturated carbocycles. The van der Waals surface area contributed by atoms with Gasteiger partial charge in [-0.1, -0.05) is 30.3 Å². The van der Waals surface area contributed by atoms with Crippen molar-refractivity contribution in [1.82, 2.24) is 5.43 Å². The summed E-state index contributed by atoms with van der Waals surface area (Å²) in [5, 5.41) is 0. The van der Waals surface area contributed by atoms with E-state index in [1.807, 2.05) is 18.2 Å². The van der Waals surface area contributed by atoms with Crippen LogP contribution in [0.3, 0.4) is 0 Å². The lowest BCUT2D eigenvalue weighted by Gasteiger charge is -2.18. The fourth-order valence-corrected chi connectivity index (χ4v) is 2.64. The minimum Gasteiger partial charge on any atom is -0.271 e. The Morgan fingerprint density at radius 2 is 1.78 bits per heavy atom. The maximum Gasteiger partial charge on any atom is 0.123 e. The molecule has 18 heavy (non-hydrogen) atoms. The second-order valence-electron chi connectivity index (χ2n) is 4.07. The van der Waals surface area contributed by atoms with Gasteiger partial charge in [0.2, 0.25) is 0 Å². The van der Waals surface area contributed by atoms with E-state index >= 15 is 0 Å². The predicted octanol–water partition coefficient (Wildman–Crippen LogP) is 3.18. The SMILES string of the molecule is NNC(Cc1ccc(F)cc1)c1ccccc1I. The maximum absolute atomic E-state index is 12.9. The Morgan fingerprint density at radius 3 is 2.39 bits per heavy atom. The van der Waals surface area contributed by atoms with Crippen LogP contribution in [0.1, 0.15) is 17.2 Å². The standard InChI is InChI=1S/C14H14FIN2/c15-11-7-5-10(6-8-11)9-14(18-17)12-3-1-2-4-13(12)16/h1-8,14,18H,9,17H2. The molecule has 0 aromatic heterocycles. The lowest BCUT2D eigenvalue weighted by Crippen LogP contribution is -2.30. The van der Waals surface area contributed by atoms with E-state index in [4.69, 9.17) is 5.84 Å². The number of halogens is 2. The van der Waals surface area contributed by atoms with E-state index in [9.17, 15) is 4.39 Å². The van der Waals surface area contributed by atoms with Gasteiger partial charge in [-0.25, -0.2) is 4.39 Å². The summed E-state index contributed by atoms with van der Waals surface area (Å²) >= 11 is 2.29. The average molecular weight is 356 g/mol. The van der Waals surface area contributed by atoms with Gasteiger partial charge in [-0.15, -0.1) is 0 Å². The van der Waals surface area contributed by atoms with Gasteiger partial charge in [0.15, 0.2) is 0 Å². The highest BCUT2D eigenvalue weighted by atomic mass is 127. The van der Waals surface area contributed by atoms with Gasteiger partial charge in [-0.2, -0.15) is 0 Å². The summed E-state index contributed by atoms with van der Waals surface area (Å²) in [6.45, 7) is 0. The molecule has 0 aliphatic heterocycles. The first-order valence-electron chi connectivity index (χ1n) is 5.65. The van der Waals surface area contributed by atoms with Crippen molar-refractivity contribution in [2.24, 2.45) is 5.84 Å². The normalized spacial score (nSPS) is 12.4. The summed E-state index contributed by atoms with van der Waals surface area (Å²) in [6.07, 6.45) is 0.733. The Labute approximate surface area is 120 Å². The van der Waals surface area contributed by atoms with Crippen molar-refractivity contribution in [3.05, 3.63) is 69.0 Å². The smallest absolute Gasteiger partial charge is 0.123 e. The second-order valence-corrected chi connectivity index (χ2v) is 5.23. The molecule has 0 amide bonds. The van der Waals surface area contributed by atoms with Gasteiger partial charge in [-0.05, 0) is 58.3 Å². The first-order valence-corrected chi connectivity index (χ1v) is 6.73. The molecule has 3 N–H and O–H groups in total. The quantitative estimate of drug-likeness (QED) is 0.502. The largest absolute Gasteiger partial charge is 0.271 e.